The molecule has 0 radical (unpaired) electrons. The number of carbonyl (C=O) groups excluding carboxylic acids is 5. The quantitative estimate of drug-likeness (QED) is 0.395. The fourth-order valence-corrected chi connectivity index (χ4v) is 7.50. The van der Waals surface area contributed by atoms with Gasteiger partial charge in [-0.15, -0.1) is 0 Å². The molecule has 10 heteroatoms. The average molecular weight is 513 g/mol. The summed E-state index contributed by atoms with van der Waals surface area (Å²) in [5.41, 5.74) is 3.04. The van der Waals surface area contributed by atoms with Crippen molar-refractivity contribution in [3.63, 3.8) is 0 Å². The molecule has 7 atom stereocenters. The zero-order valence-electron chi connectivity index (χ0n) is 21.1. The van der Waals surface area contributed by atoms with Gasteiger partial charge in [0.05, 0.1) is 29.5 Å². The third-order valence-corrected chi connectivity index (χ3v) is 9.38. The number of nitrogens with zero attached hydrogens (tertiary/aromatic N) is 1. The van der Waals surface area contributed by atoms with E-state index < -0.39 is 70.5 Å². The number of carbonyl (C=O) groups is 5. The van der Waals surface area contributed by atoms with Crippen LogP contribution in [0.4, 0.5) is 0 Å². The molecule has 0 aromatic heterocycles. The second-order valence-corrected chi connectivity index (χ2v) is 11.6. The maximum absolute atomic E-state index is 13.9. The van der Waals surface area contributed by atoms with Crippen molar-refractivity contribution in [3.05, 3.63) is 28.8 Å². The maximum atomic E-state index is 13.9. The minimum absolute atomic E-state index is 0.0254. The number of likely N-dealkylation sites (N-methyl/N-ethyl adjacent to an activating group) is 1. The molecule has 37 heavy (non-hydrogen) atoms. The van der Waals surface area contributed by atoms with E-state index in [0.717, 1.165) is 25.7 Å². The number of phenolic OH excluding ortho intramolecular Hbond substituents is 1. The van der Waals surface area contributed by atoms with Crippen LogP contribution in [0.1, 0.15) is 54.1 Å². The van der Waals surface area contributed by atoms with Crippen LogP contribution in [0.25, 0.3) is 0 Å². The Morgan fingerprint density at radius 3 is 2.27 bits per heavy atom. The number of amides is 1. The van der Waals surface area contributed by atoms with Crippen LogP contribution in [-0.2, 0) is 31.0 Å². The molecule has 4 aliphatic carbocycles. The molecule has 1 aromatic rings. The molecule has 1 amide bonds. The van der Waals surface area contributed by atoms with E-state index in [1.54, 1.807) is 12.1 Å². The average Bonchev–Trinajstić information content (AvgIpc) is 3.26. The van der Waals surface area contributed by atoms with E-state index in [0.29, 0.717) is 11.1 Å². The predicted molar refractivity (Wildman–Crippen MR) is 129 cm³/mol. The number of hydrogen-bond acceptors (Lipinski definition) is 9. The van der Waals surface area contributed by atoms with Gasteiger partial charge in [0.15, 0.2) is 34.7 Å². The lowest BCUT2D eigenvalue weighted by Crippen LogP contribution is -2.77. The first kappa shape index (κ1) is 25.7. The Kier molecular flexibility index (Phi) is 5.75. The monoisotopic (exact) mass is 512 g/mol. The molecule has 0 spiro atoms. The Hall–Kier alpha value is -2.95. The van der Waals surface area contributed by atoms with E-state index in [-0.39, 0.29) is 23.1 Å². The van der Waals surface area contributed by atoms with E-state index >= 15 is 0 Å². The summed E-state index contributed by atoms with van der Waals surface area (Å²) in [6.45, 7) is 2.02. The summed E-state index contributed by atoms with van der Waals surface area (Å²) in [6.07, 6.45) is 2.06. The van der Waals surface area contributed by atoms with E-state index in [2.05, 4.69) is 0 Å². The highest BCUT2D eigenvalue weighted by Crippen LogP contribution is 2.52. The molecule has 0 bridgehead atoms. The van der Waals surface area contributed by atoms with Gasteiger partial charge in [0.1, 0.15) is 5.75 Å². The van der Waals surface area contributed by atoms with Crippen LogP contribution < -0.4 is 5.73 Å². The smallest absolute Gasteiger partial charge is 0.235 e. The lowest BCUT2D eigenvalue weighted by Gasteiger charge is -2.54. The highest BCUT2D eigenvalue weighted by atomic mass is 16.3. The number of aliphatic hydroxyl groups excluding tert-OH is 1. The fourth-order valence-electron chi connectivity index (χ4n) is 7.50. The molecule has 5 rings (SSSR count). The topological polar surface area (TPSA) is 175 Å². The standard InChI is InChI=1S/C27H32N2O8/c1-26(8-4-5-9-26)13-7-6-11-10-12-15(21(32)14(11)20(13)31)23(34)27(37)17(19(12)30)18(29(2)3)22(33)16(24(27)35)25(28)36/h6-7,12,15-19,30-31,37H,4-5,8-10H2,1-3H3,(H2,28,36)/t12-,15?,16?,17-,18+,19+,27+/m0/s1. The Balaban J connectivity index is 1.65. The zero-order chi connectivity index (χ0) is 27.2. The van der Waals surface area contributed by atoms with Crippen molar-refractivity contribution in [1.82, 2.24) is 4.90 Å². The number of benzene rings is 1. The molecular weight excluding hydrogens is 480 g/mol. The van der Waals surface area contributed by atoms with Crippen LogP contribution in [0.3, 0.4) is 0 Å². The Bertz CT molecular complexity index is 1250. The molecule has 198 valence electrons. The molecule has 0 saturated heterocycles. The third-order valence-electron chi connectivity index (χ3n) is 9.38. The number of primary amides is 1. The summed E-state index contributed by atoms with van der Waals surface area (Å²) in [4.78, 5) is 67.6. The van der Waals surface area contributed by atoms with E-state index in [4.69, 9.17) is 5.73 Å². The molecule has 10 nitrogen and oxygen atoms in total. The van der Waals surface area contributed by atoms with E-state index in [1.165, 1.54) is 19.0 Å². The molecule has 0 heterocycles. The van der Waals surface area contributed by atoms with Crippen LogP contribution in [-0.4, -0.2) is 81.1 Å². The summed E-state index contributed by atoms with van der Waals surface area (Å²) in [6, 6.07) is 2.15. The number of aromatic hydroxyl groups is 1. The Morgan fingerprint density at radius 2 is 1.70 bits per heavy atom. The van der Waals surface area contributed by atoms with Crippen LogP contribution >= 0.6 is 0 Å². The normalized spacial score (nSPS) is 36.8. The van der Waals surface area contributed by atoms with Gasteiger partial charge in [-0.05, 0) is 44.3 Å². The highest BCUT2D eigenvalue weighted by molar-refractivity contribution is 6.32. The van der Waals surface area contributed by atoms with Gasteiger partial charge >= 0.3 is 0 Å². The zero-order valence-corrected chi connectivity index (χ0v) is 21.1. The van der Waals surface area contributed by atoms with Gasteiger partial charge < -0.3 is 21.1 Å². The summed E-state index contributed by atoms with van der Waals surface area (Å²) in [5, 5.41) is 34.4. The molecule has 5 N–H and O–H groups in total. The van der Waals surface area contributed by atoms with Crippen molar-refractivity contribution in [2.24, 2.45) is 29.4 Å². The lowest BCUT2D eigenvalue weighted by atomic mass is 9.51. The van der Waals surface area contributed by atoms with Crippen molar-refractivity contribution in [2.45, 2.75) is 62.2 Å². The second kappa shape index (κ2) is 8.28. The van der Waals surface area contributed by atoms with Crippen molar-refractivity contribution < 1.29 is 39.3 Å². The summed E-state index contributed by atoms with van der Waals surface area (Å²) in [7, 11) is 2.93. The minimum Gasteiger partial charge on any atom is -0.507 e. The number of ketones is 4. The van der Waals surface area contributed by atoms with Gasteiger partial charge in [-0.3, -0.25) is 28.9 Å². The summed E-state index contributed by atoms with van der Waals surface area (Å²) in [5.74, 6) is -12.1. The summed E-state index contributed by atoms with van der Waals surface area (Å²) < 4.78 is 0. The number of rotatable bonds is 3. The van der Waals surface area contributed by atoms with Gasteiger partial charge in [-0.1, -0.05) is 31.9 Å². The molecule has 3 saturated carbocycles. The number of hydrogen-bond donors (Lipinski definition) is 4. The Labute approximate surface area is 213 Å². The van der Waals surface area contributed by atoms with Crippen molar-refractivity contribution in [2.75, 3.05) is 14.1 Å². The number of phenols is 1. The van der Waals surface area contributed by atoms with Crippen molar-refractivity contribution in [1.29, 1.82) is 0 Å². The molecule has 0 aliphatic heterocycles. The predicted octanol–water partition coefficient (Wildman–Crippen LogP) is -0.330. The van der Waals surface area contributed by atoms with E-state index in [9.17, 15) is 39.3 Å². The van der Waals surface area contributed by atoms with E-state index in [1.807, 2.05) is 6.92 Å². The maximum Gasteiger partial charge on any atom is 0.235 e. The second-order valence-electron chi connectivity index (χ2n) is 11.6. The Morgan fingerprint density at radius 1 is 1.08 bits per heavy atom. The number of nitrogens with two attached hydrogens (primary N) is 1. The fraction of sp³-hybridized carbons (Fsp3) is 0.593. The van der Waals surface area contributed by atoms with Gasteiger partial charge in [0.2, 0.25) is 5.91 Å². The highest BCUT2D eigenvalue weighted by Gasteiger charge is 2.72. The third kappa shape index (κ3) is 3.25. The van der Waals surface area contributed by atoms with Gasteiger partial charge in [-0.25, -0.2) is 0 Å². The number of Topliss-reactive ketones (excluding diaryl/α,β-unsaturated/α-hetero) is 4. The molecule has 4 aliphatic rings. The first-order valence-corrected chi connectivity index (χ1v) is 12.7. The van der Waals surface area contributed by atoms with Crippen LogP contribution in [0, 0.1) is 23.7 Å². The van der Waals surface area contributed by atoms with Crippen LogP contribution in [0.5, 0.6) is 5.75 Å². The first-order valence-electron chi connectivity index (χ1n) is 12.7. The molecule has 3 fully saturated rings. The van der Waals surface area contributed by atoms with Gasteiger partial charge in [0.25, 0.3) is 0 Å². The molecule has 1 aromatic carbocycles. The van der Waals surface area contributed by atoms with Crippen molar-refractivity contribution in [3.8, 4) is 5.75 Å². The minimum atomic E-state index is -2.97. The number of fused-ring (bicyclic) bond motifs is 3. The molecule has 2 unspecified atom stereocenters. The lowest BCUT2D eigenvalue weighted by molar-refractivity contribution is -0.195. The SMILES string of the molecule is CN(C)[C@H]1C(=O)C(C(N)=O)C(=O)[C@]2(O)C(=O)C3C(=O)c4c(ccc(C5(C)CCCC5)c4O)C[C@@H]3[C@@H](O)[C@H]12. The van der Waals surface area contributed by atoms with Crippen molar-refractivity contribution >= 4 is 29.0 Å². The summed E-state index contributed by atoms with van der Waals surface area (Å²) >= 11 is 0. The number of aliphatic hydroxyl groups is 2. The largest absolute Gasteiger partial charge is 0.507 e. The van der Waals surface area contributed by atoms with Gasteiger partial charge in [0, 0.05) is 11.5 Å². The molecular formula is C27H32N2O8. The van der Waals surface area contributed by atoms with Crippen LogP contribution in [0.15, 0.2) is 12.1 Å². The first-order chi connectivity index (χ1) is 17.3. The van der Waals surface area contributed by atoms with Gasteiger partial charge in [-0.2, -0.15) is 0 Å². The van der Waals surface area contributed by atoms with Crippen LogP contribution in [0.2, 0.25) is 0 Å².